The topological polar surface area (TPSA) is 88.3 Å². The Kier molecular flexibility index (Phi) is 4.73. The van der Waals surface area contributed by atoms with E-state index in [1.807, 2.05) is 0 Å². The molecule has 0 aromatic carbocycles. The number of amides is 2. The molecule has 96 valence electrons. The third-order valence-corrected chi connectivity index (χ3v) is 2.42. The average molecular weight is 266 g/mol. The molecule has 0 atom stereocenters. The number of thiocarbonyl (C=S) groups is 1. The lowest BCUT2D eigenvalue weighted by Gasteiger charge is -2.10. The van der Waals surface area contributed by atoms with Crippen molar-refractivity contribution in [2.45, 2.75) is 0 Å². The van der Waals surface area contributed by atoms with Crippen LogP contribution in [0.4, 0.5) is 0 Å². The van der Waals surface area contributed by atoms with Crippen molar-refractivity contribution >= 4 is 29.0 Å². The number of carbonyl (C=O) groups excluding carboxylic acids is 2. The van der Waals surface area contributed by atoms with Crippen molar-refractivity contribution < 1.29 is 9.59 Å². The summed E-state index contributed by atoms with van der Waals surface area (Å²) in [7, 11) is 3.23. The van der Waals surface area contributed by atoms with Gasteiger partial charge in [-0.3, -0.25) is 14.6 Å². The number of likely N-dealkylation sites (N-methyl/N-ethyl adjacent to an activating group) is 1. The highest BCUT2D eigenvalue weighted by molar-refractivity contribution is 7.80. The summed E-state index contributed by atoms with van der Waals surface area (Å²) in [6.45, 7) is -0.0649. The van der Waals surface area contributed by atoms with E-state index < -0.39 is 5.91 Å². The van der Waals surface area contributed by atoms with Gasteiger partial charge in [0.05, 0.1) is 6.54 Å². The molecule has 0 aliphatic carbocycles. The van der Waals surface area contributed by atoms with Gasteiger partial charge in [0.2, 0.25) is 5.91 Å². The molecule has 7 heteroatoms. The monoisotopic (exact) mass is 266 g/mol. The zero-order chi connectivity index (χ0) is 13.7. The van der Waals surface area contributed by atoms with Gasteiger partial charge in [-0.1, -0.05) is 12.2 Å². The van der Waals surface area contributed by atoms with Crippen LogP contribution in [0.15, 0.2) is 18.3 Å². The van der Waals surface area contributed by atoms with Crippen molar-refractivity contribution in [1.29, 1.82) is 0 Å². The molecule has 0 fully saturated rings. The molecule has 3 N–H and O–H groups in total. The van der Waals surface area contributed by atoms with Crippen molar-refractivity contribution in [3.8, 4) is 0 Å². The van der Waals surface area contributed by atoms with Gasteiger partial charge >= 0.3 is 0 Å². The molecule has 0 aliphatic heterocycles. The maximum Gasteiger partial charge on any atom is 0.270 e. The Balaban J connectivity index is 2.62. The lowest BCUT2D eigenvalue weighted by atomic mass is 10.2. The molecule has 0 spiro atoms. The van der Waals surface area contributed by atoms with Crippen molar-refractivity contribution in [1.82, 2.24) is 15.2 Å². The molecule has 2 amide bonds. The lowest BCUT2D eigenvalue weighted by Crippen LogP contribution is -2.36. The molecule has 1 aromatic heterocycles. The minimum Gasteiger partial charge on any atom is -0.389 e. The van der Waals surface area contributed by atoms with Crippen LogP contribution in [-0.4, -0.2) is 47.3 Å². The summed E-state index contributed by atoms with van der Waals surface area (Å²) in [6, 6.07) is 3.11. The van der Waals surface area contributed by atoms with Crippen LogP contribution in [0.25, 0.3) is 0 Å². The highest BCUT2D eigenvalue weighted by Gasteiger charge is 2.10. The fourth-order valence-electron chi connectivity index (χ4n) is 1.08. The third-order valence-electron chi connectivity index (χ3n) is 2.18. The number of rotatable bonds is 4. The second-order valence-corrected chi connectivity index (χ2v) is 4.21. The van der Waals surface area contributed by atoms with Crippen molar-refractivity contribution in [3.05, 3.63) is 29.6 Å². The summed E-state index contributed by atoms with van der Waals surface area (Å²) < 4.78 is 0. The van der Waals surface area contributed by atoms with E-state index in [1.165, 1.54) is 17.2 Å². The molecule has 1 rings (SSSR count). The minimum atomic E-state index is -0.417. The number of carbonyl (C=O) groups is 2. The van der Waals surface area contributed by atoms with E-state index in [1.54, 1.807) is 20.2 Å². The van der Waals surface area contributed by atoms with E-state index in [2.05, 4.69) is 10.3 Å². The Morgan fingerprint density at radius 1 is 1.44 bits per heavy atom. The fourth-order valence-corrected chi connectivity index (χ4v) is 1.20. The van der Waals surface area contributed by atoms with Gasteiger partial charge in [-0.25, -0.2) is 0 Å². The second-order valence-electron chi connectivity index (χ2n) is 3.77. The number of nitrogens with two attached hydrogens (primary N) is 1. The van der Waals surface area contributed by atoms with Crippen molar-refractivity contribution in [2.24, 2.45) is 5.73 Å². The van der Waals surface area contributed by atoms with Gasteiger partial charge in [-0.2, -0.15) is 0 Å². The Labute approximate surface area is 110 Å². The van der Waals surface area contributed by atoms with Gasteiger partial charge in [-0.15, -0.1) is 0 Å². The molecule has 0 unspecified atom stereocenters. The van der Waals surface area contributed by atoms with E-state index >= 15 is 0 Å². The third kappa shape index (κ3) is 3.77. The predicted octanol–water partition coefficient (Wildman–Crippen LogP) is -0.466. The van der Waals surface area contributed by atoms with Gasteiger partial charge in [0.25, 0.3) is 5.91 Å². The zero-order valence-electron chi connectivity index (χ0n) is 10.1. The minimum absolute atomic E-state index is 0.0649. The van der Waals surface area contributed by atoms with Crippen LogP contribution in [0.3, 0.4) is 0 Å². The summed E-state index contributed by atoms with van der Waals surface area (Å²) in [5.41, 5.74) is 6.21. The second kappa shape index (κ2) is 6.06. The van der Waals surface area contributed by atoms with Crippen molar-refractivity contribution in [3.63, 3.8) is 0 Å². The smallest absolute Gasteiger partial charge is 0.270 e. The van der Waals surface area contributed by atoms with E-state index in [0.29, 0.717) is 5.56 Å². The Hall–Kier alpha value is -2.02. The number of hydrogen-bond donors (Lipinski definition) is 2. The van der Waals surface area contributed by atoms with Crippen LogP contribution in [0.2, 0.25) is 0 Å². The molecule has 0 saturated heterocycles. The van der Waals surface area contributed by atoms with Crippen molar-refractivity contribution in [2.75, 3.05) is 20.6 Å². The van der Waals surface area contributed by atoms with Gasteiger partial charge in [-0.05, 0) is 12.1 Å². The first kappa shape index (κ1) is 14.0. The van der Waals surface area contributed by atoms with Crippen LogP contribution in [0.5, 0.6) is 0 Å². The van der Waals surface area contributed by atoms with E-state index in [0.717, 1.165) is 0 Å². The maximum absolute atomic E-state index is 11.6. The van der Waals surface area contributed by atoms with Crippen LogP contribution < -0.4 is 11.1 Å². The highest BCUT2D eigenvalue weighted by Crippen LogP contribution is 2.00. The first-order chi connectivity index (χ1) is 8.41. The van der Waals surface area contributed by atoms with Gasteiger partial charge < -0.3 is 16.0 Å². The van der Waals surface area contributed by atoms with E-state index in [-0.39, 0.29) is 23.1 Å². The average Bonchev–Trinajstić information content (AvgIpc) is 2.35. The fraction of sp³-hybridized carbons (Fsp3) is 0.273. The van der Waals surface area contributed by atoms with E-state index in [4.69, 9.17) is 18.0 Å². The molecule has 0 saturated carbocycles. The van der Waals surface area contributed by atoms with Gasteiger partial charge in [0, 0.05) is 25.9 Å². The number of nitrogens with zero attached hydrogens (tertiary/aromatic N) is 2. The summed E-state index contributed by atoms with van der Waals surface area (Å²) in [5, 5.41) is 2.47. The summed E-state index contributed by atoms with van der Waals surface area (Å²) in [6.07, 6.45) is 1.42. The Morgan fingerprint density at radius 2 is 2.11 bits per heavy atom. The van der Waals surface area contributed by atoms with Gasteiger partial charge in [0.1, 0.15) is 10.7 Å². The van der Waals surface area contributed by atoms with Crippen LogP contribution in [0, 0.1) is 0 Å². The first-order valence-corrected chi connectivity index (χ1v) is 5.57. The van der Waals surface area contributed by atoms with Crippen LogP contribution in [0.1, 0.15) is 16.1 Å². The molecular formula is C11H14N4O2S. The largest absolute Gasteiger partial charge is 0.389 e. The highest BCUT2D eigenvalue weighted by atomic mass is 32.1. The zero-order valence-corrected chi connectivity index (χ0v) is 11.0. The van der Waals surface area contributed by atoms with Gasteiger partial charge in [0.15, 0.2) is 0 Å². The van der Waals surface area contributed by atoms with Crippen LogP contribution >= 0.6 is 12.2 Å². The molecule has 6 nitrogen and oxygen atoms in total. The summed E-state index contributed by atoms with van der Waals surface area (Å²) in [5.74, 6) is -0.609. The number of hydrogen-bond acceptors (Lipinski definition) is 4. The molecule has 18 heavy (non-hydrogen) atoms. The molecule has 0 aliphatic rings. The maximum atomic E-state index is 11.6. The summed E-state index contributed by atoms with van der Waals surface area (Å²) in [4.78, 5) is 28.5. The molecule has 0 bridgehead atoms. The standard InChI is InChI=1S/C11H14N4O2S/c1-15(2)9(16)6-14-11(17)8-4-3-7(5-13-8)10(12)18/h3-5H,6H2,1-2H3,(H2,12,18)(H,14,17). The number of nitrogens with one attached hydrogen (secondary N) is 1. The molecular weight excluding hydrogens is 252 g/mol. The Morgan fingerprint density at radius 3 is 2.56 bits per heavy atom. The SMILES string of the molecule is CN(C)C(=O)CNC(=O)c1ccc(C(N)=S)cn1. The summed E-state index contributed by atoms with van der Waals surface area (Å²) >= 11 is 4.77. The van der Waals surface area contributed by atoms with Crippen LogP contribution in [-0.2, 0) is 4.79 Å². The molecule has 1 heterocycles. The normalized spacial score (nSPS) is 9.67. The quantitative estimate of drug-likeness (QED) is 0.720. The lowest BCUT2D eigenvalue weighted by molar-refractivity contribution is -0.127. The number of aromatic nitrogens is 1. The molecule has 0 radical (unpaired) electrons. The van der Waals surface area contributed by atoms with E-state index in [9.17, 15) is 9.59 Å². The Bertz CT molecular complexity index is 470. The predicted molar refractivity (Wildman–Crippen MR) is 71.2 cm³/mol. The number of pyridine rings is 1. The molecule has 1 aromatic rings. The first-order valence-electron chi connectivity index (χ1n) is 5.16.